The summed E-state index contributed by atoms with van der Waals surface area (Å²) in [6, 6.07) is 59.8. The van der Waals surface area contributed by atoms with Crippen molar-refractivity contribution in [3.63, 3.8) is 0 Å². The summed E-state index contributed by atoms with van der Waals surface area (Å²) in [4.78, 5) is 7.40. The lowest BCUT2D eigenvalue weighted by Gasteiger charge is -2.34. The summed E-state index contributed by atoms with van der Waals surface area (Å²) in [5.74, 6) is 0.498. The van der Waals surface area contributed by atoms with Crippen LogP contribution in [0.5, 0.6) is 0 Å². The van der Waals surface area contributed by atoms with Gasteiger partial charge in [0.15, 0.2) is 5.58 Å². The average molecular weight is 721 g/mol. The molecule has 56 heavy (non-hydrogen) atoms. The van der Waals surface area contributed by atoms with Gasteiger partial charge in [0.2, 0.25) is 5.89 Å². The van der Waals surface area contributed by atoms with Gasteiger partial charge >= 0.3 is 0 Å². The Hall–Kier alpha value is -6.97. The van der Waals surface area contributed by atoms with Crippen molar-refractivity contribution < 1.29 is 4.42 Å². The second kappa shape index (κ2) is 12.8. The van der Waals surface area contributed by atoms with Gasteiger partial charge in [-0.2, -0.15) is 0 Å². The number of rotatable bonds is 8. The Labute approximate surface area is 328 Å². The Morgan fingerprint density at radius 1 is 0.607 bits per heavy atom. The number of benzene rings is 7. The molecule has 0 N–H and O–H groups in total. The van der Waals surface area contributed by atoms with Gasteiger partial charge in [0.1, 0.15) is 5.52 Å². The van der Waals surface area contributed by atoms with Crippen LogP contribution >= 0.6 is 0 Å². The van der Waals surface area contributed by atoms with E-state index >= 15 is 0 Å². The molecule has 0 aliphatic heterocycles. The van der Waals surface area contributed by atoms with Gasteiger partial charge in [0.25, 0.3) is 0 Å². The molecule has 0 fully saturated rings. The fourth-order valence-corrected chi connectivity index (χ4v) is 9.36. The van der Waals surface area contributed by atoms with Crippen molar-refractivity contribution in [2.24, 2.45) is 0 Å². The first kappa shape index (κ1) is 33.6. The van der Waals surface area contributed by atoms with E-state index in [0.29, 0.717) is 11.5 Å². The number of hydrogen-bond donors (Lipinski definition) is 0. The predicted molar refractivity (Wildman–Crippen MR) is 232 cm³/mol. The number of oxazole rings is 1. The summed E-state index contributed by atoms with van der Waals surface area (Å²) < 4.78 is 6.23. The van der Waals surface area contributed by atoms with Gasteiger partial charge < -0.3 is 9.32 Å². The molecule has 0 saturated heterocycles. The lowest BCUT2D eigenvalue weighted by molar-refractivity contribution is 0.586. The maximum Gasteiger partial charge on any atom is 0.226 e. The maximum absolute atomic E-state index is 6.23. The minimum Gasteiger partial charge on any atom is -0.436 e. The average Bonchev–Trinajstić information content (AvgIpc) is 3.88. The number of aromatic nitrogens is 1. The Morgan fingerprint density at radius 3 is 2.07 bits per heavy atom. The van der Waals surface area contributed by atoms with Crippen LogP contribution in [0.1, 0.15) is 53.1 Å². The highest BCUT2D eigenvalue weighted by atomic mass is 16.3. The number of para-hydroxylation sites is 1. The molecule has 1 heterocycles. The summed E-state index contributed by atoms with van der Waals surface area (Å²) in [6.07, 6.45) is 5.44. The lowest BCUT2D eigenvalue weighted by atomic mass is 9.67. The lowest BCUT2D eigenvalue weighted by Crippen LogP contribution is -2.28. The largest absolute Gasteiger partial charge is 0.436 e. The second-order valence-electron chi connectivity index (χ2n) is 15.3. The molecule has 3 nitrogen and oxygen atoms in total. The first-order valence-corrected chi connectivity index (χ1v) is 19.2. The van der Waals surface area contributed by atoms with Gasteiger partial charge in [0, 0.05) is 27.9 Å². The summed E-state index contributed by atoms with van der Waals surface area (Å²) in [5.41, 5.74) is 17.3. The summed E-state index contributed by atoms with van der Waals surface area (Å²) in [6.45, 7) is 12.7. The molecule has 2 aliphatic rings. The molecule has 0 radical (unpaired) electrons. The quantitative estimate of drug-likeness (QED) is 0.146. The zero-order chi connectivity index (χ0) is 38.0. The van der Waals surface area contributed by atoms with E-state index in [1.54, 1.807) is 6.08 Å². The molecule has 0 spiro atoms. The third kappa shape index (κ3) is 4.87. The van der Waals surface area contributed by atoms with Gasteiger partial charge in [0.05, 0.1) is 11.1 Å². The van der Waals surface area contributed by atoms with E-state index in [4.69, 9.17) is 9.40 Å². The van der Waals surface area contributed by atoms with Gasteiger partial charge in [-0.25, -0.2) is 4.98 Å². The van der Waals surface area contributed by atoms with Crippen LogP contribution in [-0.4, -0.2) is 4.98 Å². The van der Waals surface area contributed by atoms with Crippen LogP contribution in [0, 0.1) is 0 Å². The van der Waals surface area contributed by atoms with E-state index in [-0.39, 0.29) is 5.41 Å². The molecule has 8 aromatic rings. The molecule has 10 rings (SSSR count). The van der Waals surface area contributed by atoms with Gasteiger partial charge in [-0.3, -0.25) is 0 Å². The van der Waals surface area contributed by atoms with E-state index in [1.165, 1.54) is 50.1 Å². The first-order chi connectivity index (χ1) is 27.4. The Balaban J connectivity index is 1.23. The molecule has 0 bridgehead atoms. The fraction of sp³-hybridized carbons (Fsp3) is 0.0755. The number of nitrogens with zero attached hydrogens (tertiary/aromatic N) is 2. The Morgan fingerprint density at radius 2 is 1.29 bits per heavy atom. The molecule has 0 amide bonds. The zero-order valence-electron chi connectivity index (χ0n) is 31.5. The SMILES string of the molecule is C=C/C=C\C(=C)c1nc2cc(C3(c4ccccc4)c4ccccc4-c4c(N(c5ccccc5)c5ccc6c(c5)C(C)(C)c5ccccc5-6)cccc43)ccc2o1. The van der Waals surface area contributed by atoms with E-state index in [0.717, 1.165) is 33.7 Å². The number of hydrogen-bond acceptors (Lipinski definition) is 3. The molecule has 3 heteroatoms. The van der Waals surface area contributed by atoms with Crippen molar-refractivity contribution in [1.29, 1.82) is 0 Å². The molecule has 1 aromatic heterocycles. The van der Waals surface area contributed by atoms with E-state index in [1.807, 2.05) is 12.2 Å². The molecular weight excluding hydrogens is 681 g/mol. The standard InChI is InChI=1S/C53H40N2O/c1-5-6-18-35(2)51-54-47-33-37(29-32-49(47)56-51)53(36-19-9-7-10-20-36)44-26-16-14-24-42(44)50-45(53)27-17-28-48(50)55(38-21-11-8-12-22-38)39-30-31-41-40-23-13-15-25-43(40)52(3,4)46(41)34-39/h5-34H,1-2H2,3-4H3/b18-6-. The van der Waals surface area contributed by atoms with E-state index in [2.05, 4.69) is 196 Å². The van der Waals surface area contributed by atoms with E-state index < -0.39 is 5.41 Å². The third-order valence-corrected chi connectivity index (χ3v) is 11.9. The van der Waals surface area contributed by atoms with Crippen LogP contribution in [-0.2, 0) is 10.8 Å². The summed E-state index contributed by atoms with van der Waals surface area (Å²) in [7, 11) is 0. The predicted octanol–water partition coefficient (Wildman–Crippen LogP) is 13.7. The number of fused-ring (bicyclic) bond motifs is 7. The fourth-order valence-electron chi connectivity index (χ4n) is 9.36. The van der Waals surface area contributed by atoms with Crippen LogP contribution in [0.4, 0.5) is 17.1 Å². The summed E-state index contributed by atoms with van der Waals surface area (Å²) >= 11 is 0. The maximum atomic E-state index is 6.23. The smallest absolute Gasteiger partial charge is 0.226 e. The molecule has 2 aliphatic carbocycles. The number of allylic oxidation sites excluding steroid dienone is 4. The van der Waals surface area contributed by atoms with Crippen LogP contribution in [0.15, 0.2) is 200 Å². The van der Waals surface area contributed by atoms with Gasteiger partial charge in [-0.05, 0) is 92.5 Å². The van der Waals surface area contributed by atoms with Gasteiger partial charge in [-0.15, -0.1) is 0 Å². The Kier molecular flexibility index (Phi) is 7.69. The molecule has 0 saturated carbocycles. The molecule has 7 aromatic carbocycles. The zero-order valence-corrected chi connectivity index (χ0v) is 31.5. The van der Waals surface area contributed by atoms with Crippen molar-refractivity contribution >= 4 is 33.7 Å². The van der Waals surface area contributed by atoms with Crippen molar-refractivity contribution in [1.82, 2.24) is 4.98 Å². The first-order valence-electron chi connectivity index (χ1n) is 19.2. The van der Waals surface area contributed by atoms with Crippen LogP contribution in [0.2, 0.25) is 0 Å². The van der Waals surface area contributed by atoms with E-state index in [9.17, 15) is 0 Å². The van der Waals surface area contributed by atoms with Crippen molar-refractivity contribution in [3.8, 4) is 22.3 Å². The number of anilines is 3. The highest BCUT2D eigenvalue weighted by Crippen LogP contribution is 2.60. The van der Waals surface area contributed by atoms with Crippen molar-refractivity contribution in [2.75, 3.05) is 4.90 Å². The molecule has 268 valence electrons. The molecular formula is C53H40N2O. The van der Waals surface area contributed by atoms with Crippen molar-refractivity contribution in [3.05, 3.63) is 234 Å². The van der Waals surface area contributed by atoms with Crippen LogP contribution < -0.4 is 4.90 Å². The third-order valence-electron chi connectivity index (χ3n) is 11.9. The normalized spacial score (nSPS) is 16.0. The minimum atomic E-state index is -0.639. The minimum absolute atomic E-state index is 0.133. The second-order valence-corrected chi connectivity index (χ2v) is 15.3. The molecule has 1 atom stereocenters. The topological polar surface area (TPSA) is 29.3 Å². The molecule has 1 unspecified atom stereocenters. The summed E-state index contributed by atoms with van der Waals surface area (Å²) in [5, 5.41) is 0. The van der Waals surface area contributed by atoms with Crippen LogP contribution in [0.25, 0.3) is 38.9 Å². The Bertz CT molecular complexity index is 2880. The van der Waals surface area contributed by atoms with Crippen molar-refractivity contribution in [2.45, 2.75) is 24.7 Å². The monoisotopic (exact) mass is 720 g/mol. The van der Waals surface area contributed by atoms with Crippen LogP contribution in [0.3, 0.4) is 0 Å². The van der Waals surface area contributed by atoms with Gasteiger partial charge in [-0.1, -0.05) is 167 Å². The highest BCUT2D eigenvalue weighted by Gasteiger charge is 2.48. The highest BCUT2D eigenvalue weighted by molar-refractivity contribution is 5.98.